The van der Waals surface area contributed by atoms with Crippen molar-refractivity contribution < 1.29 is 9.84 Å². The minimum absolute atomic E-state index is 0.0434. The van der Waals surface area contributed by atoms with Crippen molar-refractivity contribution in [3.05, 3.63) is 29.8 Å². The SMILES string of the molecule is COc1cccc(CC2(CN)CCC(C)(C)C2O)c1. The molecule has 1 fully saturated rings. The van der Waals surface area contributed by atoms with Crippen LogP contribution in [0.1, 0.15) is 32.3 Å². The van der Waals surface area contributed by atoms with Crippen LogP contribution in [0, 0.1) is 10.8 Å². The summed E-state index contributed by atoms with van der Waals surface area (Å²) in [6.07, 6.45) is 2.46. The van der Waals surface area contributed by atoms with Gasteiger partial charge in [0.2, 0.25) is 0 Å². The fourth-order valence-electron chi connectivity index (χ4n) is 3.33. The normalized spacial score (nSPS) is 29.4. The Kier molecular flexibility index (Phi) is 3.88. The van der Waals surface area contributed by atoms with Crippen LogP contribution in [-0.2, 0) is 6.42 Å². The molecule has 1 aromatic rings. The summed E-state index contributed by atoms with van der Waals surface area (Å²) in [5.74, 6) is 0.858. The van der Waals surface area contributed by atoms with Crippen LogP contribution in [0.2, 0.25) is 0 Å². The van der Waals surface area contributed by atoms with Crippen molar-refractivity contribution in [2.24, 2.45) is 16.6 Å². The molecule has 2 rings (SSSR count). The fraction of sp³-hybridized carbons (Fsp3) is 0.625. The van der Waals surface area contributed by atoms with Crippen LogP contribution in [0.3, 0.4) is 0 Å². The van der Waals surface area contributed by atoms with E-state index in [4.69, 9.17) is 10.5 Å². The molecule has 3 heteroatoms. The Hall–Kier alpha value is -1.06. The third-order valence-corrected chi connectivity index (χ3v) is 4.68. The van der Waals surface area contributed by atoms with Crippen molar-refractivity contribution in [3.8, 4) is 5.75 Å². The van der Waals surface area contributed by atoms with Gasteiger partial charge in [-0.15, -0.1) is 0 Å². The van der Waals surface area contributed by atoms with E-state index in [9.17, 15) is 5.11 Å². The number of aliphatic hydroxyl groups excluding tert-OH is 1. The molecule has 19 heavy (non-hydrogen) atoms. The maximum atomic E-state index is 10.6. The summed E-state index contributed by atoms with van der Waals surface area (Å²) >= 11 is 0. The number of benzene rings is 1. The Balaban J connectivity index is 2.24. The maximum Gasteiger partial charge on any atom is 0.119 e. The minimum atomic E-state index is -0.351. The fourth-order valence-corrected chi connectivity index (χ4v) is 3.33. The van der Waals surface area contributed by atoms with E-state index in [1.54, 1.807) is 7.11 Å². The number of methoxy groups -OCH3 is 1. The second-order valence-corrected chi connectivity index (χ2v) is 6.49. The zero-order valence-electron chi connectivity index (χ0n) is 12.1. The minimum Gasteiger partial charge on any atom is -0.497 e. The van der Waals surface area contributed by atoms with Crippen LogP contribution in [0.4, 0.5) is 0 Å². The summed E-state index contributed by atoms with van der Waals surface area (Å²) in [5.41, 5.74) is 6.95. The van der Waals surface area contributed by atoms with Gasteiger partial charge in [0.25, 0.3) is 0 Å². The molecule has 3 nitrogen and oxygen atoms in total. The average Bonchev–Trinajstić information content (AvgIpc) is 2.64. The lowest BCUT2D eigenvalue weighted by molar-refractivity contribution is -0.00465. The van der Waals surface area contributed by atoms with Gasteiger partial charge in [0, 0.05) is 12.0 Å². The molecule has 1 saturated carbocycles. The predicted octanol–water partition coefficient (Wildman–Crippen LogP) is 2.36. The van der Waals surface area contributed by atoms with E-state index in [2.05, 4.69) is 19.9 Å². The second kappa shape index (κ2) is 5.14. The number of rotatable bonds is 4. The smallest absolute Gasteiger partial charge is 0.119 e. The van der Waals surface area contributed by atoms with Crippen LogP contribution in [0.5, 0.6) is 5.75 Å². The average molecular weight is 263 g/mol. The summed E-state index contributed by atoms with van der Waals surface area (Å²) in [6.45, 7) is 4.77. The van der Waals surface area contributed by atoms with Gasteiger partial charge >= 0.3 is 0 Å². The first-order valence-electron chi connectivity index (χ1n) is 6.95. The van der Waals surface area contributed by atoms with E-state index in [0.717, 1.165) is 25.0 Å². The van der Waals surface area contributed by atoms with E-state index >= 15 is 0 Å². The van der Waals surface area contributed by atoms with Gasteiger partial charge in [-0.25, -0.2) is 0 Å². The molecule has 0 amide bonds. The van der Waals surface area contributed by atoms with Crippen molar-refractivity contribution >= 4 is 0 Å². The van der Waals surface area contributed by atoms with E-state index in [-0.39, 0.29) is 16.9 Å². The van der Waals surface area contributed by atoms with E-state index < -0.39 is 0 Å². The van der Waals surface area contributed by atoms with E-state index in [0.29, 0.717) is 6.54 Å². The maximum absolute atomic E-state index is 10.6. The zero-order chi connectivity index (χ0) is 14.1. The highest BCUT2D eigenvalue weighted by Crippen LogP contribution is 2.50. The Labute approximate surface area is 115 Å². The van der Waals surface area contributed by atoms with Gasteiger partial charge in [-0.05, 0) is 42.4 Å². The van der Waals surface area contributed by atoms with Crippen LogP contribution in [-0.4, -0.2) is 24.9 Å². The lowest BCUT2D eigenvalue weighted by Crippen LogP contribution is -2.44. The summed E-state index contributed by atoms with van der Waals surface area (Å²) in [6, 6.07) is 8.05. The number of hydrogen-bond donors (Lipinski definition) is 2. The first kappa shape index (κ1) is 14.4. The molecule has 0 heterocycles. The molecule has 0 saturated heterocycles. The van der Waals surface area contributed by atoms with Gasteiger partial charge in [0.15, 0.2) is 0 Å². The van der Waals surface area contributed by atoms with Gasteiger partial charge in [-0.3, -0.25) is 0 Å². The van der Waals surface area contributed by atoms with Crippen LogP contribution in [0.25, 0.3) is 0 Å². The van der Waals surface area contributed by atoms with Crippen molar-refractivity contribution in [2.75, 3.05) is 13.7 Å². The van der Waals surface area contributed by atoms with Gasteiger partial charge < -0.3 is 15.6 Å². The molecular weight excluding hydrogens is 238 g/mol. The molecule has 0 aromatic heterocycles. The number of hydrogen-bond acceptors (Lipinski definition) is 3. The number of nitrogens with two attached hydrogens (primary N) is 1. The zero-order valence-corrected chi connectivity index (χ0v) is 12.1. The van der Waals surface area contributed by atoms with E-state index in [1.807, 2.05) is 18.2 Å². The molecule has 106 valence electrons. The number of ether oxygens (including phenoxy) is 1. The van der Waals surface area contributed by atoms with Gasteiger partial charge in [-0.1, -0.05) is 26.0 Å². The van der Waals surface area contributed by atoms with Gasteiger partial charge in [-0.2, -0.15) is 0 Å². The van der Waals surface area contributed by atoms with Crippen molar-refractivity contribution in [1.82, 2.24) is 0 Å². The van der Waals surface area contributed by atoms with Gasteiger partial charge in [0.1, 0.15) is 5.75 Å². The molecule has 2 unspecified atom stereocenters. The lowest BCUT2D eigenvalue weighted by atomic mass is 9.74. The molecule has 1 aliphatic rings. The van der Waals surface area contributed by atoms with Crippen molar-refractivity contribution in [1.29, 1.82) is 0 Å². The quantitative estimate of drug-likeness (QED) is 0.877. The molecule has 0 spiro atoms. The Morgan fingerprint density at radius 3 is 2.63 bits per heavy atom. The number of aliphatic hydroxyl groups is 1. The Bertz CT molecular complexity index is 444. The molecule has 1 aromatic carbocycles. The first-order chi connectivity index (χ1) is 8.93. The van der Waals surface area contributed by atoms with Crippen LogP contribution < -0.4 is 10.5 Å². The predicted molar refractivity (Wildman–Crippen MR) is 77.2 cm³/mol. The van der Waals surface area contributed by atoms with Crippen LogP contribution >= 0.6 is 0 Å². The monoisotopic (exact) mass is 263 g/mol. The highest BCUT2D eigenvalue weighted by atomic mass is 16.5. The molecule has 1 aliphatic carbocycles. The molecule has 0 aliphatic heterocycles. The third-order valence-electron chi connectivity index (χ3n) is 4.68. The van der Waals surface area contributed by atoms with Crippen LogP contribution in [0.15, 0.2) is 24.3 Å². The molecule has 0 radical (unpaired) electrons. The summed E-state index contributed by atoms with van der Waals surface area (Å²) in [4.78, 5) is 0. The molecular formula is C16H25NO2. The van der Waals surface area contributed by atoms with Crippen molar-refractivity contribution in [3.63, 3.8) is 0 Å². The summed E-state index contributed by atoms with van der Waals surface area (Å²) in [5, 5.41) is 10.6. The highest BCUT2D eigenvalue weighted by molar-refractivity contribution is 5.30. The summed E-state index contributed by atoms with van der Waals surface area (Å²) in [7, 11) is 1.67. The standard InChI is InChI=1S/C16H25NO2/c1-15(2)7-8-16(11-17,14(15)18)10-12-5-4-6-13(9-12)19-3/h4-6,9,14,18H,7-8,10-11,17H2,1-3H3. The largest absolute Gasteiger partial charge is 0.497 e. The molecule has 3 N–H and O–H groups in total. The molecule has 2 atom stereocenters. The second-order valence-electron chi connectivity index (χ2n) is 6.49. The Morgan fingerprint density at radius 2 is 2.11 bits per heavy atom. The Morgan fingerprint density at radius 1 is 1.37 bits per heavy atom. The van der Waals surface area contributed by atoms with E-state index in [1.165, 1.54) is 5.56 Å². The first-order valence-corrected chi connectivity index (χ1v) is 6.95. The topological polar surface area (TPSA) is 55.5 Å². The third kappa shape index (κ3) is 2.63. The highest BCUT2D eigenvalue weighted by Gasteiger charge is 2.50. The molecule has 0 bridgehead atoms. The lowest BCUT2D eigenvalue weighted by Gasteiger charge is -2.36. The summed E-state index contributed by atoms with van der Waals surface area (Å²) < 4.78 is 5.26. The van der Waals surface area contributed by atoms with Gasteiger partial charge in [0.05, 0.1) is 13.2 Å². The van der Waals surface area contributed by atoms with Crippen molar-refractivity contribution in [2.45, 2.75) is 39.2 Å².